The smallest absolute Gasteiger partial charge is 0.251 e. The van der Waals surface area contributed by atoms with Crippen LogP contribution < -0.4 is 5.32 Å². The topological polar surface area (TPSA) is 41.6 Å². The van der Waals surface area contributed by atoms with E-state index in [2.05, 4.69) is 10.2 Å². The number of carbonyl (C=O) groups is 1. The first kappa shape index (κ1) is 15.8. The minimum Gasteiger partial charge on any atom is -0.366 e. The third kappa shape index (κ3) is 3.95. The van der Waals surface area contributed by atoms with Crippen molar-refractivity contribution in [1.82, 2.24) is 10.2 Å². The van der Waals surface area contributed by atoms with Crippen LogP contribution in [0.2, 0.25) is 0 Å². The molecule has 4 heteroatoms. The van der Waals surface area contributed by atoms with E-state index in [-0.39, 0.29) is 5.91 Å². The lowest BCUT2D eigenvalue weighted by Gasteiger charge is -2.25. The molecule has 1 heterocycles. The van der Waals surface area contributed by atoms with E-state index in [0.717, 1.165) is 19.1 Å². The van der Waals surface area contributed by atoms with E-state index in [4.69, 9.17) is 4.74 Å². The molecule has 1 amide bonds. The Labute approximate surface area is 123 Å². The average Bonchev–Trinajstić information content (AvgIpc) is 3.06. The van der Waals surface area contributed by atoms with Gasteiger partial charge in [0.1, 0.15) is 5.60 Å². The van der Waals surface area contributed by atoms with Gasteiger partial charge in [0.15, 0.2) is 0 Å². The van der Waals surface area contributed by atoms with E-state index < -0.39 is 5.60 Å². The Morgan fingerprint density at radius 1 is 1.30 bits per heavy atom. The van der Waals surface area contributed by atoms with Crippen LogP contribution in [0.25, 0.3) is 0 Å². The van der Waals surface area contributed by atoms with Crippen LogP contribution in [0.4, 0.5) is 0 Å². The van der Waals surface area contributed by atoms with Crippen molar-refractivity contribution in [3.63, 3.8) is 0 Å². The molecule has 116 valence electrons. The zero-order valence-electron chi connectivity index (χ0n) is 13.3. The fourth-order valence-electron chi connectivity index (χ4n) is 3.51. The summed E-state index contributed by atoms with van der Waals surface area (Å²) < 4.78 is 5.49. The van der Waals surface area contributed by atoms with Crippen molar-refractivity contribution >= 4 is 5.91 Å². The lowest BCUT2D eigenvalue weighted by molar-refractivity contribution is -0.142. The van der Waals surface area contributed by atoms with Crippen LogP contribution in [0.3, 0.4) is 0 Å². The van der Waals surface area contributed by atoms with Gasteiger partial charge in [-0.1, -0.05) is 12.8 Å². The highest BCUT2D eigenvalue weighted by atomic mass is 16.5. The largest absolute Gasteiger partial charge is 0.366 e. The predicted octanol–water partition coefficient (Wildman–Crippen LogP) is 2.18. The summed E-state index contributed by atoms with van der Waals surface area (Å²) in [5, 5.41) is 3.07. The third-order valence-electron chi connectivity index (χ3n) is 4.76. The summed E-state index contributed by atoms with van der Waals surface area (Å²) in [6.45, 7) is 9.32. The molecule has 0 spiro atoms. The Morgan fingerprint density at radius 2 is 2.00 bits per heavy atom. The standard InChI is InChI=1S/C16H30N2O2/c1-4-20-16(2,3)15(19)17-11-13-9-10-18(12-13)14-7-5-6-8-14/h13-14H,4-12H2,1-3H3,(H,17,19)/t13-/m1/s1. The van der Waals surface area contributed by atoms with Gasteiger partial charge in [0.25, 0.3) is 5.91 Å². The van der Waals surface area contributed by atoms with Crippen LogP contribution in [-0.2, 0) is 9.53 Å². The Hall–Kier alpha value is -0.610. The molecule has 2 rings (SSSR count). The normalized spacial score (nSPS) is 25.2. The first-order valence-corrected chi connectivity index (χ1v) is 8.19. The highest BCUT2D eigenvalue weighted by Crippen LogP contribution is 2.28. The van der Waals surface area contributed by atoms with Crippen LogP contribution in [0.5, 0.6) is 0 Å². The lowest BCUT2D eigenvalue weighted by Crippen LogP contribution is -2.46. The van der Waals surface area contributed by atoms with E-state index in [0.29, 0.717) is 12.5 Å². The number of nitrogens with one attached hydrogen (secondary N) is 1. The van der Waals surface area contributed by atoms with Gasteiger partial charge in [-0.2, -0.15) is 0 Å². The zero-order valence-corrected chi connectivity index (χ0v) is 13.3. The van der Waals surface area contributed by atoms with Crippen molar-refractivity contribution < 1.29 is 9.53 Å². The Morgan fingerprint density at radius 3 is 2.65 bits per heavy atom. The summed E-state index contributed by atoms with van der Waals surface area (Å²) in [6, 6.07) is 0.815. The molecular weight excluding hydrogens is 252 g/mol. The summed E-state index contributed by atoms with van der Waals surface area (Å²) in [7, 11) is 0. The highest BCUT2D eigenvalue weighted by Gasteiger charge is 2.32. The fourth-order valence-corrected chi connectivity index (χ4v) is 3.51. The molecule has 1 atom stereocenters. The first-order valence-electron chi connectivity index (χ1n) is 8.19. The Kier molecular flexibility index (Phi) is 5.44. The molecule has 20 heavy (non-hydrogen) atoms. The minimum absolute atomic E-state index is 0.0127. The van der Waals surface area contributed by atoms with E-state index in [1.165, 1.54) is 38.6 Å². The molecular formula is C16H30N2O2. The number of rotatable bonds is 6. The summed E-state index contributed by atoms with van der Waals surface area (Å²) in [6.07, 6.45) is 6.75. The molecule has 0 aromatic carbocycles. The number of hydrogen-bond donors (Lipinski definition) is 1. The number of amides is 1. The maximum absolute atomic E-state index is 12.1. The van der Waals surface area contributed by atoms with E-state index in [1.54, 1.807) is 0 Å². The Balaban J connectivity index is 1.71. The van der Waals surface area contributed by atoms with Crippen LogP contribution in [-0.4, -0.2) is 48.7 Å². The average molecular weight is 282 g/mol. The molecule has 1 aliphatic heterocycles. The van der Waals surface area contributed by atoms with Gasteiger partial charge in [0.05, 0.1) is 0 Å². The van der Waals surface area contributed by atoms with Crippen molar-refractivity contribution in [2.45, 2.75) is 64.5 Å². The number of nitrogens with zero attached hydrogens (tertiary/aromatic N) is 1. The maximum Gasteiger partial charge on any atom is 0.251 e. The minimum atomic E-state index is -0.710. The van der Waals surface area contributed by atoms with Crippen molar-refractivity contribution in [1.29, 1.82) is 0 Å². The molecule has 1 aliphatic carbocycles. The third-order valence-corrected chi connectivity index (χ3v) is 4.76. The lowest BCUT2D eigenvalue weighted by atomic mass is 10.1. The first-order chi connectivity index (χ1) is 9.53. The summed E-state index contributed by atoms with van der Waals surface area (Å²) in [4.78, 5) is 14.7. The summed E-state index contributed by atoms with van der Waals surface area (Å²) in [5.74, 6) is 0.621. The maximum atomic E-state index is 12.1. The van der Waals surface area contributed by atoms with Gasteiger partial charge in [-0.25, -0.2) is 0 Å². The van der Waals surface area contributed by atoms with Crippen molar-refractivity contribution in [3.8, 4) is 0 Å². The second-order valence-corrected chi connectivity index (χ2v) is 6.74. The van der Waals surface area contributed by atoms with Gasteiger partial charge in [-0.15, -0.1) is 0 Å². The molecule has 0 aromatic rings. The molecule has 1 N–H and O–H groups in total. The number of likely N-dealkylation sites (tertiary alicyclic amines) is 1. The SMILES string of the molecule is CCOC(C)(C)C(=O)NC[C@H]1CCN(C2CCCC2)C1. The zero-order chi connectivity index (χ0) is 14.6. The van der Waals surface area contributed by atoms with Gasteiger partial charge in [-0.05, 0) is 52.5 Å². The molecule has 0 unspecified atom stereocenters. The summed E-state index contributed by atoms with van der Waals surface area (Å²) in [5.41, 5.74) is -0.710. The fraction of sp³-hybridized carbons (Fsp3) is 0.938. The molecule has 2 aliphatic rings. The molecule has 1 saturated heterocycles. The Bertz CT molecular complexity index is 324. The molecule has 0 bridgehead atoms. The molecule has 1 saturated carbocycles. The van der Waals surface area contributed by atoms with Crippen LogP contribution in [0.1, 0.15) is 52.9 Å². The van der Waals surface area contributed by atoms with Crippen molar-refractivity contribution in [3.05, 3.63) is 0 Å². The van der Waals surface area contributed by atoms with Crippen LogP contribution in [0, 0.1) is 5.92 Å². The van der Waals surface area contributed by atoms with Crippen molar-refractivity contribution in [2.75, 3.05) is 26.2 Å². The molecule has 4 nitrogen and oxygen atoms in total. The van der Waals surface area contributed by atoms with Gasteiger partial charge in [0.2, 0.25) is 0 Å². The molecule has 2 fully saturated rings. The van der Waals surface area contributed by atoms with E-state index in [1.807, 2.05) is 20.8 Å². The van der Waals surface area contributed by atoms with Crippen LogP contribution >= 0.6 is 0 Å². The second-order valence-electron chi connectivity index (χ2n) is 6.74. The highest BCUT2D eigenvalue weighted by molar-refractivity contribution is 5.84. The number of hydrogen-bond acceptors (Lipinski definition) is 3. The molecule has 0 radical (unpaired) electrons. The monoisotopic (exact) mass is 282 g/mol. The second kappa shape index (κ2) is 6.90. The van der Waals surface area contributed by atoms with E-state index >= 15 is 0 Å². The van der Waals surface area contributed by atoms with Crippen molar-refractivity contribution in [2.24, 2.45) is 5.92 Å². The van der Waals surface area contributed by atoms with Crippen LogP contribution in [0.15, 0.2) is 0 Å². The number of carbonyl (C=O) groups excluding carboxylic acids is 1. The van der Waals surface area contributed by atoms with Gasteiger partial charge in [-0.3, -0.25) is 4.79 Å². The predicted molar refractivity (Wildman–Crippen MR) is 80.7 cm³/mol. The van der Waals surface area contributed by atoms with Gasteiger partial charge in [0, 0.05) is 25.7 Å². The van der Waals surface area contributed by atoms with Gasteiger partial charge >= 0.3 is 0 Å². The van der Waals surface area contributed by atoms with Gasteiger partial charge < -0.3 is 15.0 Å². The number of ether oxygens (including phenoxy) is 1. The quantitative estimate of drug-likeness (QED) is 0.812. The van der Waals surface area contributed by atoms with E-state index in [9.17, 15) is 4.79 Å². The molecule has 0 aromatic heterocycles. The summed E-state index contributed by atoms with van der Waals surface area (Å²) >= 11 is 0.